The SMILES string of the molecule is COC(=O)c1nnn(Cc2cncc(Br)c2)c1CCN. The molecule has 0 fully saturated rings. The van der Waals surface area contributed by atoms with Gasteiger partial charge in [0.25, 0.3) is 0 Å². The monoisotopic (exact) mass is 339 g/mol. The van der Waals surface area contributed by atoms with Crippen molar-refractivity contribution >= 4 is 21.9 Å². The molecule has 2 aromatic heterocycles. The highest BCUT2D eigenvalue weighted by Gasteiger charge is 2.19. The van der Waals surface area contributed by atoms with Crippen LogP contribution in [0, 0.1) is 0 Å². The van der Waals surface area contributed by atoms with Gasteiger partial charge in [0, 0.05) is 23.3 Å². The fourth-order valence-electron chi connectivity index (χ4n) is 1.81. The number of rotatable bonds is 5. The van der Waals surface area contributed by atoms with Crippen molar-refractivity contribution < 1.29 is 9.53 Å². The summed E-state index contributed by atoms with van der Waals surface area (Å²) in [5.74, 6) is -0.507. The predicted octanol–water partition coefficient (Wildman–Crippen LogP) is 0.772. The number of carbonyl (C=O) groups is 1. The van der Waals surface area contributed by atoms with Gasteiger partial charge in [0.2, 0.25) is 0 Å². The van der Waals surface area contributed by atoms with Crippen LogP contribution in [0.5, 0.6) is 0 Å². The van der Waals surface area contributed by atoms with Crippen molar-refractivity contribution in [2.75, 3.05) is 13.7 Å². The second kappa shape index (κ2) is 6.58. The molecule has 0 aliphatic heterocycles. The van der Waals surface area contributed by atoms with Crippen LogP contribution < -0.4 is 5.73 Å². The normalized spacial score (nSPS) is 10.6. The lowest BCUT2D eigenvalue weighted by atomic mass is 10.2. The molecule has 106 valence electrons. The Labute approximate surface area is 124 Å². The molecule has 2 rings (SSSR count). The summed E-state index contributed by atoms with van der Waals surface area (Å²) >= 11 is 3.36. The van der Waals surface area contributed by atoms with E-state index in [4.69, 9.17) is 10.5 Å². The summed E-state index contributed by atoms with van der Waals surface area (Å²) in [6.45, 7) is 0.861. The maximum Gasteiger partial charge on any atom is 0.360 e. The lowest BCUT2D eigenvalue weighted by molar-refractivity contribution is 0.0592. The second-order valence-corrected chi connectivity index (χ2v) is 5.00. The van der Waals surface area contributed by atoms with E-state index in [2.05, 4.69) is 31.2 Å². The number of esters is 1. The highest BCUT2D eigenvalue weighted by Crippen LogP contribution is 2.13. The van der Waals surface area contributed by atoms with E-state index in [0.717, 1.165) is 10.0 Å². The maximum absolute atomic E-state index is 11.6. The summed E-state index contributed by atoms with van der Waals surface area (Å²) < 4.78 is 7.21. The predicted molar refractivity (Wildman–Crippen MR) is 75.2 cm³/mol. The van der Waals surface area contributed by atoms with E-state index in [1.165, 1.54) is 7.11 Å². The molecule has 2 N–H and O–H groups in total. The van der Waals surface area contributed by atoms with Gasteiger partial charge in [-0.15, -0.1) is 5.10 Å². The van der Waals surface area contributed by atoms with Crippen molar-refractivity contribution in [3.63, 3.8) is 0 Å². The van der Waals surface area contributed by atoms with Crippen LogP contribution in [0.1, 0.15) is 21.7 Å². The molecule has 0 aromatic carbocycles. The summed E-state index contributed by atoms with van der Waals surface area (Å²) in [5.41, 5.74) is 7.39. The van der Waals surface area contributed by atoms with E-state index in [0.29, 0.717) is 25.2 Å². The van der Waals surface area contributed by atoms with Gasteiger partial charge in [-0.3, -0.25) is 4.98 Å². The minimum atomic E-state index is -0.507. The topological polar surface area (TPSA) is 95.9 Å². The Bertz CT molecular complexity index is 614. The molecule has 0 unspecified atom stereocenters. The molecule has 7 nitrogen and oxygen atoms in total. The van der Waals surface area contributed by atoms with Gasteiger partial charge < -0.3 is 10.5 Å². The van der Waals surface area contributed by atoms with Gasteiger partial charge in [0.1, 0.15) is 0 Å². The van der Waals surface area contributed by atoms with E-state index in [1.54, 1.807) is 17.1 Å². The molecule has 0 saturated carbocycles. The van der Waals surface area contributed by atoms with Crippen LogP contribution in [0.4, 0.5) is 0 Å². The molecule has 0 aliphatic carbocycles. The number of aromatic nitrogens is 4. The molecule has 0 bridgehead atoms. The minimum absolute atomic E-state index is 0.209. The molecule has 8 heteroatoms. The molecular formula is C12H14BrN5O2. The third-order valence-corrected chi connectivity index (χ3v) is 3.13. The molecule has 2 aromatic rings. The van der Waals surface area contributed by atoms with Crippen molar-refractivity contribution in [2.24, 2.45) is 5.73 Å². The fourth-order valence-corrected chi connectivity index (χ4v) is 2.23. The Morgan fingerprint density at radius 3 is 2.95 bits per heavy atom. The number of hydrogen-bond donors (Lipinski definition) is 1. The first-order chi connectivity index (χ1) is 9.65. The third-order valence-electron chi connectivity index (χ3n) is 2.69. The Morgan fingerprint density at radius 2 is 2.30 bits per heavy atom. The standard InChI is InChI=1S/C12H14BrN5O2/c1-20-12(19)11-10(2-3-14)18(17-16-11)7-8-4-9(13)6-15-5-8/h4-6H,2-3,7,14H2,1H3. The quantitative estimate of drug-likeness (QED) is 0.808. The van der Waals surface area contributed by atoms with Crippen LogP contribution in [0.25, 0.3) is 0 Å². The van der Waals surface area contributed by atoms with Gasteiger partial charge in [-0.1, -0.05) is 5.21 Å². The van der Waals surface area contributed by atoms with Gasteiger partial charge in [-0.2, -0.15) is 0 Å². The van der Waals surface area contributed by atoms with Crippen LogP contribution in [-0.4, -0.2) is 39.6 Å². The van der Waals surface area contributed by atoms with Gasteiger partial charge in [0.15, 0.2) is 5.69 Å². The Kier molecular flexibility index (Phi) is 4.80. The zero-order valence-electron chi connectivity index (χ0n) is 10.9. The van der Waals surface area contributed by atoms with Gasteiger partial charge in [0.05, 0.1) is 19.3 Å². The van der Waals surface area contributed by atoms with Gasteiger partial charge in [-0.05, 0) is 34.1 Å². The highest BCUT2D eigenvalue weighted by molar-refractivity contribution is 9.10. The highest BCUT2D eigenvalue weighted by atomic mass is 79.9. The lowest BCUT2D eigenvalue weighted by Gasteiger charge is -2.06. The van der Waals surface area contributed by atoms with Crippen molar-refractivity contribution in [3.05, 3.63) is 39.9 Å². The first-order valence-corrected chi connectivity index (χ1v) is 6.75. The molecule has 20 heavy (non-hydrogen) atoms. The maximum atomic E-state index is 11.6. The minimum Gasteiger partial charge on any atom is -0.464 e. The summed E-state index contributed by atoms with van der Waals surface area (Å²) in [6.07, 6.45) is 3.93. The van der Waals surface area contributed by atoms with Crippen molar-refractivity contribution in [1.82, 2.24) is 20.0 Å². The molecule has 0 amide bonds. The molecule has 0 radical (unpaired) electrons. The summed E-state index contributed by atoms with van der Waals surface area (Å²) in [5, 5.41) is 7.87. The summed E-state index contributed by atoms with van der Waals surface area (Å²) in [4.78, 5) is 15.7. The van der Waals surface area contributed by atoms with Crippen LogP contribution in [0.3, 0.4) is 0 Å². The number of methoxy groups -OCH3 is 1. The average Bonchev–Trinajstić information content (AvgIpc) is 2.82. The Balaban J connectivity index is 2.31. The average molecular weight is 340 g/mol. The molecule has 0 aliphatic rings. The number of pyridine rings is 1. The lowest BCUT2D eigenvalue weighted by Crippen LogP contribution is -2.14. The third kappa shape index (κ3) is 3.20. The van der Waals surface area contributed by atoms with Gasteiger partial charge in [-0.25, -0.2) is 9.48 Å². The molecule has 0 spiro atoms. The smallest absolute Gasteiger partial charge is 0.360 e. The van der Waals surface area contributed by atoms with E-state index in [9.17, 15) is 4.79 Å². The number of halogens is 1. The van der Waals surface area contributed by atoms with E-state index < -0.39 is 5.97 Å². The molecule has 0 atom stereocenters. The number of ether oxygens (including phenoxy) is 1. The fraction of sp³-hybridized carbons (Fsp3) is 0.333. The van der Waals surface area contributed by atoms with Crippen LogP contribution in [0.2, 0.25) is 0 Å². The van der Waals surface area contributed by atoms with Crippen molar-refractivity contribution in [2.45, 2.75) is 13.0 Å². The van der Waals surface area contributed by atoms with Gasteiger partial charge >= 0.3 is 5.97 Å². The first-order valence-electron chi connectivity index (χ1n) is 5.96. The largest absolute Gasteiger partial charge is 0.464 e. The Morgan fingerprint density at radius 1 is 1.50 bits per heavy atom. The first kappa shape index (κ1) is 14.6. The van der Waals surface area contributed by atoms with Crippen molar-refractivity contribution in [1.29, 1.82) is 0 Å². The second-order valence-electron chi connectivity index (χ2n) is 4.08. The van der Waals surface area contributed by atoms with E-state index in [1.807, 2.05) is 6.07 Å². The number of nitrogens with two attached hydrogens (primary N) is 1. The molecular weight excluding hydrogens is 326 g/mol. The van der Waals surface area contributed by atoms with Crippen LogP contribution in [-0.2, 0) is 17.7 Å². The zero-order chi connectivity index (χ0) is 14.5. The van der Waals surface area contributed by atoms with E-state index in [-0.39, 0.29) is 5.69 Å². The number of carbonyl (C=O) groups excluding carboxylic acids is 1. The number of hydrogen-bond acceptors (Lipinski definition) is 6. The van der Waals surface area contributed by atoms with Crippen LogP contribution in [0.15, 0.2) is 22.9 Å². The van der Waals surface area contributed by atoms with E-state index >= 15 is 0 Å². The van der Waals surface area contributed by atoms with Crippen LogP contribution >= 0.6 is 15.9 Å². The summed E-state index contributed by atoms with van der Waals surface area (Å²) in [6, 6.07) is 1.93. The molecule has 2 heterocycles. The summed E-state index contributed by atoms with van der Waals surface area (Å²) in [7, 11) is 1.31. The van der Waals surface area contributed by atoms with Crippen molar-refractivity contribution in [3.8, 4) is 0 Å². The number of nitrogens with zero attached hydrogens (tertiary/aromatic N) is 4. The zero-order valence-corrected chi connectivity index (χ0v) is 12.5. The molecule has 0 saturated heterocycles. The Hall–Kier alpha value is -1.80.